The summed E-state index contributed by atoms with van der Waals surface area (Å²) < 4.78 is 14.2. The summed E-state index contributed by atoms with van der Waals surface area (Å²) in [5.41, 5.74) is 0.00383. The Morgan fingerprint density at radius 2 is 1.92 bits per heavy atom. The Balaban J connectivity index is 2.25. The minimum absolute atomic E-state index is 0.0521. The summed E-state index contributed by atoms with van der Waals surface area (Å²) in [6.07, 6.45) is 0.767. The molecular formula is C15H16NO7P. The number of phenolic OH excluding ortho intramolecular Hbond substituents is 1. The summed E-state index contributed by atoms with van der Waals surface area (Å²) >= 11 is 0. The molecule has 8 nitrogen and oxygen atoms in total. The predicted octanol–water partition coefficient (Wildman–Crippen LogP) is 2.09. The van der Waals surface area contributed by atoms with Gasteiger partial charge >= 0.3 is 7.75 Å². The Hall–Kier alpha value is -2.41. The number of aromatic hydroxyl groups is 1. The number of allylic oxidation sites excluding steroid dienone is 3. The highest BCUT2D eigenvalue weighted by Gasteiger charge is 2.27. The topological polar surface area (TPSA) is 148 Å². The number of hydrogen-bond donors (Lipinski definition) is 5. The molecule has 0 aliphatic heterocycles. The average Bonchev–Trinajstić information content (AvgIpc) is 2.42. The highest BCUT2D eigenvalue weighted by molar-refractivity contribution is 7.50. The van der Waals surface area contributed by atoms with Crippen molar-refractivity contribution in [2.75, 3.05) is 0 Å². The zero-order valence-electron chi connectivity index (χ0n) is 12.5. The van der Waals surface area contributed by atoms with E-state index in [2.05, 4.69) is 4.76 Å². The molecule has 0 aromatic heterocycles. The van der Waals surface area contributed by atoms with Gasteiger partial charge in [-0.15, -0.1) is 0 Å². The SMILES string of the molecule is O=C(CCc1cccc(O)c1)C1=C(O)C=C(O)CC1=NP(=O)(O)O. The normalized spacial score (nSPS) is 17.1. The van der Waals surface area contributed by atoms with Gasteiger partial charge in [-0.1, -0.05) is 12.1 Å². The molecule has 0 radical (unpaired) electrons. The lowest BCUT2D eigenvalue weighted by Gasteiger charge is -2.16. The van der Waals surface area contributed by atoms with Gasteiger partial charge in [0.1, 0.15) is 17.3 Å². The van der Waals surface area contributed by atoms with Gasteiger partial charge in [-0.2, -0.15) is 4.76 Å². The maximum absolute atomic E-state index is 12.3. The molecular weight excluding hydrogens is 337 g/mol. The van der Waals surface area contributed by atoms with Crippen LogP contribution in [0.5, 0.6) is 5.75 Å². The van der Waals surface area contributed by atoms with Gasteiger partial charge in [0.2, 0.25) is 0 Å². The molecule has 1 aliphatic carbocycles. The van der Waals surface area contributed by atoms with Gasteiger partial charge in [0.25, 0.3) is 0 Å². The fourth-order valence-electron chi connectivity index (χ4n) is 2.33. The van der Waals surface area contributed by atoms with E-state index in [0.717, 1.165) is 6.08 Å². The zero-order chi connectivity index (χ0) is 17.9. The van der Waals surface area contributed by atoms with Crippen LogP contribution in [0.1, 0.15) is 18.4 Å². The molecule has 9 heteroatoms. The second-order valence-corrected chi connectivity index (χ2v) is 6.45. The van der Waals surface area contributed by atoms with Crippen LogP contribution in [0.15, 0.2) is 52.2 Å². The van der Waals surface area contributed by atoms with Crippen LogP contribution in [0.2, 0.25) is 0 Å². The fourth-order valence-corrected chi connectivity index (χ4v) is 2.82. The molecule has 2 rings (SSSR count). The van der Waals surface area contributed by atoms with Gasteiger partial charge < -0.3 is 25.1 Å². The molecule has 0 heterocycles. The molecule has 0 spiro atoms. The number of aliphatic hydroxyl groups excluding tert-OH is 2. The second-order valence-electron chi connectivity index (χ2n) is 5.23. The molecule has 0 saturated heterocycles. The maximum atomic E-state index is 12.3. The molecule has 0 saturated carbocycles. The molecule has 0 unspecified atom stereocenters. The van der Waals surface area contributed by atoms with Crippen molar-refractivity contribution in [3.05, 3.63) is 53.0 Å². The van der Waals surface area contributed by atoms with Crippen molar-refractivity contribution in [2.24, 2.45) is 4.76 Å². The quantitative estimate of drug-likeness (QED) is 0.509. The van der Waals surface area contributed by atoms with E-state index in [-0.39, 0.29) is 42.1 Å². The van der Waals surface area contributed by atoms with Gasteiger partial charge in [-0.25, -0.2) is 4.57 Å². The number of phenols is 1. The van der Waals surface area contributed by atoms with Crippen molar-refractivity contribution in [1.29, 1.82) is 0 Å². The highest BCUT2D eigenvalue weighted by Crippen LogP contribution is 2.39. The van der Waals surface area contributed by atoms with Crippen LogP contribution in [-0.2, 0) is 15.8 Å². The molecule has 1 aromatic carbocycles. The van der Waals surface area contributed by atoms with Gasteiger partial charge in [-0.05, 0) is 24.1 Å². The molecule has 5 N–H and O–H groups in total. The summed E-state index contributed by atoms with van der Waals surface area (Å²) in [4.78, 5) is 30.3. The molecule has 0 bridgehead atoms. The number of aryl methyl sites for hydroxylation is 1. The Bertz CT molecular complexity index is 804. The lowest BCUT2D eigenvalue weighted by Crippen LogP contribution is -2.20. The van der Waals surface area contributed by atoms with Crippen molar-refractivity contribution < 1.29 is 34.5 Å². The van der Waals surface area contributed by atoms with Crippen LogP contribution in [0.3, 0.4) is 0 Å². The minimum atomic E-state index is -4.83. The van der Waals surface area contributed by atoms with Crippen LogP contribution in [0.25, 0.3) is 0 Å². The standard InChI is InChI=1S/C15H16NO7P/c17-10-3-1-2-9(6-10)4-5-13(19)15-12(16-24(21,22)23)7-11(18)8-14(15)20/h1-3,6,8,17-18,20H,4-5,7H2,(H2,21,22,23). The minimum Gasteiger partial charge on any atom is -0.512 e. The fraction of sp³-hybridized carbons (Fsp3) is 0.200. The van der Waals surface area contributed by atoms with Crippen molar-refractivity contribution in [1.82, 2.24) is 0 Å². The first kappa shape index (κ1) is 17.9. The van der Waals surface area contributed by atoms with Crippen LogP contribution in [0.4, 0.5) is 0 Å². The summed E-state index contributed by atoms with van der Waals surface area (Å²) in [6.45, 7) is 0. The molecule has 0 amide bonds. The van der Waals surface area contributed by atoms with Crippen LogP contribution in [0, 0.1) is 0 Å². The number of carbonyl (C=O) groups is 1. The van der Waals surface area contributed by atoms with Crippen LogP contribution < -0.4 is 0 Å². The molecule has 24 heavy (non-hydrogen) atoms. The van der Waals surface area contributed by atoms with E-state index in [0.29, 0.717) is 5.56 Å². The first-order valence-corrected chi connectivity index (χ1v) is 8.51. The summed E-state index contributed by atoms with van der Waals surface area (Å²) in [6, 6.07) is 6.30. The van der Waals surface area contributed by atoms with Gasteiger partial charge in [-0.3, -0.25) is 4.79 Å². The lowest BCUT2D eigenvalue weighted by atomic mass is 9.93. The number of rotatable bonds is 5. The number of Topliss-reactive ketones (excluding diaryl/α,β-unsaturated/α-hetero) is 1. The van der Waals surface area contributed by atoms with E-state index >= 15 is 0 Å². The van der Waals surface area contributed by atoms with E-state index in [1.165, 1.54) is 12.1 Å². The Morgan fingerprint density at radius 1 is 1.21 bits per heavy atom. The molecule has 1 aliphatic rings. The predicted molar refractivity (Wildman–Crippen MR) is 85.9 cm³/mol. The van der Waals surface area contributed by atoms with Gasteiger partial charge in [0.15, 0.2) is 5.78 Å². The Kier molecular flexibility index (Phi) is 5.23. The summed E-state index contributed by atoms with van der Waals surface area (Å²) in [5, 5.41) is 28.7. The zero-order valence-corrected chi connectivity index (χ0v) is 13.3. The third kappa shape index (κ3) is 4.79. The third-order valence-corrected chi connectivity index (χ3v) is 3.78. The van der Waals surface area contributed by atoms with E-state index < -0.39 is 19.3 Å². The molecule has 128 valence electrons. The number of nitrogens with zero attached hydrogens (tertiary/aromatic N) is 1. The Morgan fingerprint density at radius 3 is 2.54 bits per heavy atom. The number of ketones is 1. The average molecular weight is 353 g/mol. The maximum Gasteiger partial charge on any atom is 0.448 e. The first-order valence-electron chi connectivity index (χ1n) is 6.94. The van der Waals surface area contributed by atoms with Crippen molar-refractivity contribution >= 4 is 19.2 Å². The smallest absolute Gasteiger partial charge is 0.448 e. The van der Waals surface area contributed by atoms with Crippen molar-refractivity contribution in [3.8, 4) is 5.75 Å². The van der Waals surface area contributed by atoms with Crippen LogP contribution in [-0.4, -0.2) is 36.6 Å². The molecule has 0 atom stereocenters. The summed E-state index contributed by atoms with van der Waals surface area (Å²) in [5.74, 6) is -1.47. The first-order chi connectivity index (χ1) is 11.2. The monoisotopic (exact) mass is 353 g/mol. The van der Waals surface area contributed by atoms with Crippen LogP contribution >= 0.6 is 7.75 Å². The van der Waals surface area contributed by atoms with E-state index in [9.17, 15) is 24.7 Å². The number of aliphatic hydroxyl groups is 2. The van der Waals surface area contributed by atoms with E-state index in [1.54, 1.807) is 12.1 Å². The van der Waals surface area contributed by atoms with E-state index in [4.69, 9.17) is 9.79 Å². The lowest BCUT2D eigenvalue weighted by molar-refractivity contribution is -0.115. The van der Waals surface area contributed by atoms with Crippen molar-refractivity contribution in [3.63, 3.8) is 0 Å². The van der Waals surface area contributed by atoms with Crippen molar-refractivity contribution in [2.45, 2.75) is 19.3 Å². The van der Waals surface area contributed by atoms with E-state index in [1.807, 2.05) is 0 Å². The number of carbonyl (C=O) groups excluding carboxylic acids is 1. The third-order valence-electron chi connectivity index (χ3n) is 3.28. The Labute approximate surface area is 137 Å². The number of hydrogen-bond acceptors (Lipinski definition) is 5. The molecule has 0 fully saturated rings. The highest BCUT2D eigenvalue weighted by atomic mass is 31.2. The second kappa shape index (κ2) is 7.00. The van der Waals surface area contributed by atoms with Gasteiger partial charge in [0.05, 0.1) is 11.3 Å². The van der Waals surface area contributed by atoms with Gasteiger partial charge in [0, 0.05) is 18.9 Å². The molecule has 1 aromatic rings. The largest absolute Gasteiger partial charge is 0.512 e. The number of benzene rings is 1. The summed E-state index contributed by atoms with van der Waals surface area (Å²) in [7, 11) is -4.83.